The van der Waals surface area contributed by atoms with Crippen LogP contribution in [0.3, 0.4) is 0 Å². The molecule has 2 fully saturated rings. The molecule has 0 bridgehead atoms. The summed E-state index contributed by atoms with van der Waals surface area (Å²) < 4.78 is 0.258. The van der Waals surface area contributed by atoms with Crippen LogP contribution < -0.4 is 16.4 Å². The molecule has 0 unspecified atom stereocenters. The quantitative estimate of drug-likeness (QED) is 0.281. The molecule has 1 aromatic carbocycles. The van der Waals surface area contributed by atoms with Gasteiger partial charge < -0.3 is 16.4 Å². The van der Waals surface area contributed by atoms with Gasteiger partial charge in [0.05, 0.1) is 13.1 Å². The Balaban J connectivity index is 0.00000280. The summed E-state index contributed by atoms with van der Waals surface area (Å²) in [6, 6.07) is 11.0. The normalized spacial score (nSPS) is 19.5. The van der Waals surface area contributed by atoms with Crippen LogP contribution in [-0.2, 0) is 4.79 Å². The summed E-state index contributed by atoms with van der Waals surface area (Å²) in [5.74, 6) is 0.660. The molecule has 1 saturated heterocycles. The third kappa shape index (κ3) is 7.44. The zero-order valence-electron chi connectivity index (χ0n) is 16.5. The number of guanidine groups is 1. The van der Waals surface area contributed by atoms with Gasteiger partial charge in [0.15, 0.2) is 5.96 Å². The van der Waals surface area contributed by atoms with E-state index in [1.54, 1.807) is 0 Å². The van der Waals surface area contributed by atoms with Gasteiger partial charge in [-0.2, -0.15) is 0 Å². The summed E-state index contributed by atoms with van der Waals surface area (Å²) in [4.78, 5) is 19.4. The number of benzene rings is 1. The number of carbonyl (C=O) groups is 1. The van der Waals surface area contributed by atoms with Crippen molar-refractivity contribution in [2.45, 2.75) is 48.3 Å². The lowest BCUT2D eigenvalue weighted by Gasteiger charge is -2.32. The van der Waals surface area contributed by atoms with Crippen molar-refractivity contribution in [2.75, 3.05) is 32.7 Å². The maximum absolute atomic E-state index is 11.1. The molecule has 0 spiro atoms. The smallest absolute Gasteiger partial charge is 0.231 e. The van der Waals surface area contributed by atoms with Gasteiger partial charge in [0.25, 0.3) is 0 Å². The van der Waals surface area contributed by atoms with E-state index < -0.39 is 0 Å². The van der Waals surface area contributed by atoms with E-state index in [0.29, 0.717) is 12.6 Å². The number of aliphatic imine (C=N–C) groups is 1. The average molecular weight is 517 g/mol. The van der Waals surface area contributed by atoms with Crippen molar-refractivity contribution >= 4 is 47.6 Å². The Hall–Kier alpha value is -1.00. The van der Waals surface area contributed by atoms with Crippen LogP contribution >= 0.6 is 35.7 Å². The fourth-order valence-corrected chi connectivity index (χ4v) is 4.59. The van der Waals surface area contributed by atoms with Crippen molar-refractivity contribution in [3.05, 3.63) is 30.3 Å². The molecule has 4 N–H and O–H groups in total. The minimum absolute atomic E-state index is 0. The first-order chi connectivity index (χ1) is 13.1. The third-order valence-corrected chi connectivity index (χ3v) is 6.54. The standard InChI is InChI=1S/C20H31N5OS.HI/c1-2-22-19(24-16-8-12-25(13-9-16)14-18(21)26)23-15-20(10-11-20)27-17-6-4-3-5-7-17;/h3-7,16H,2,8-15H2,1H3,(H2,21,26)(H2,22,23,24);1H. The van der Waals surface area contributed by atoms with Gasteiger partial charge in [-0.1, -0.05) is 18.2 Å². The van der Waals surface area contributed by atoms with Crippen molar-refractivity contribution in [2.24, 2.45) is 10.7 Å². The molecule has 8 heteroatoms. The molecule has 0 aromatic heterocycles. The molecule has 0 radical (unpaired) electrons. The van der Waals surface area contributed by atoms with Gasteiger partial charge in [0.1, 0.15) is 0 Å². The molecule has 1 aliphatic carbocycles. The molecule has 1 aliphatic heterocycles. The van der Waals surface area contributed by atoms with E-state index >= 15 is 0 Å². The fraction of sp³-hybridized carbons (Fsp3) is 0.600. The van der Waals surface area contributed by atoms with Crippen LogP contribution in [-0.4, -0.2) is 60.3 Å². The van der Waals surface area contributed by atoms with E-state index in [1.165, 1.54) is 17.7 Å². The second-order valence-electron chi connectivity index (χ2n) is 7.45. The number of hydrogen-bond donors (Lipinski definition) is 3. The number of primary amides is 1. The molecule has 1 amide bonds. The Morgan fingerprint density at radius 3 is 2.54 bits per heavy atom. The van der Waals surface area contributed by atoms with Gasteiger partial charge in [-0.15, -0.1) is 35.7 Å². The number of halogens is 1. The second kappa shape index (κ2) is 11.3. The van der Waals surface area contributed by atoms with Crippen molar-refractivity contribution in [1.29, 1.82) is 0 Å². The molecule has 156 valence electrons. The minimum Gasteiger partial charge on any atom is -0.369 e. The Morgan fingerprint density at radius 2 is 1.96 bits per heavy atom. The van der Waals surface area contributed by atoms with E-state index in [2.05, 4.69) is 52.8 Å². The van der Waals surface area contributed by atoms with Gasteiger partial charge in [0.2, 0.25) is 5.91 Å². The van der Waals surface area contributed by atoms with Crippen LogP contribution in [0.5, 0.6) is 0 Å². The lowest BCUT2D eigenvalue weighted by atomic mass is 10.1. The van der Waals surface area contributed by atoms with Crippen molar-refractivity contribution in [3.63, 3.8) is 0 Å². The molecule has 0 atom stereocenters. The van der Waals surface area contributed by atoms with E-state index in [-0.39, 0.29) is 34.6 Å². The van der Waals surface area contributed by atoms with Crippen LogP contribution in [0.1, 0.15) is 32.6 Å². The number of piperidine rings is 1. The highest BCUT2D eigenvalue weighted by Gasteiger charge is 2.43. The van der Waals surface area contributed by atoms with E-state index in [0.717, 1.165) is 45.0 Å². The SMILES string of the molecule is CCNC(=NCC1(Sc2ccccc2)CC1)NC1CCN(CC(N)=O)CC1.I. The first kappa shape index (κ1) is 23.3. The third-order valence-electron chi connectivity index (χ3n) is 5.06. The number of nitrogens with one attached hydrogen (secondary N) is 2. The number of amides is 1. The number of likely N-dealkylation sites (tertiary alicyclic amines) is 1. The second-order valence-corrected chi connectivity index (χ2v) is 9.00. The molecule has 1 saturated carbocycles. The summed E-state index contributed by atoms with van der Waals surface area (Å²) in [5, 5.41) is 6.96. The minimum atomic E-state index is -0.248. The van der Waals surface area contributed by atoms with Crippen molar-refractivity contribution in [1.82, 2.24) is 15.5 Å². The molecule has 6 nitrogen and oxygen atoms in total. The Kier molecular flexibility index (Phi) is 9.36. The number of nitrogens with zero attached hydrogens (tertiary/aromatic N) is 2. The number of nitrogens with two attached hydrogens (primary N) is 1. The summed E-state index contributed by atoms with van der Waals surface area (Å²) in [6.07, 6.45) is 4.45. The lowest BCUT2D eigenvalue weighted by molar-refractivity contribution is -0.119. The molecular weight excluding hydrogens is 485 g/mol. The number of hydrogen-bond acceptors (Lipinski definition) is 4. The lowest BCUT2D eigenvalue weighted by Crippen LogP contribution is -2.50. The first-order valence-corrected chi connectivity index (χ1v) is 10.7. The molecule has 28 heavy (non-hydrogen) atoms. The largest absolute Gasteiger partial charge is 0.369 e. The number of carbonyl (C=O) groups excluding carboxylic acids is 1. The maximum atomic E-state index is 11.1. The number of thioether (sulfide) groups is 1. The van der Waals surface area contributed by atoms with Gasteiger partial charge in [0, 0.05) is 35.3 Å². The predicted octanol–water partition coefficient (Wildman–Crippen LogP) is 2.43. The molecular formula is C20H32IN5OS. The average Bonchev–Trinajstić information content (AvgIpc) is 3.42. The van der Waals surface area contributed by atoms with Gasteiger partial charge in [-0.3, -0.25) is 14.7 Å². The molecule has 1 aromatic rings. The van der Waals surface area contributed by atoms with E-state index in [9.17, 15) is 4.79 Å². The summed E-state index contributed by atoms with van der Waals surface area (Å²) >= 11 is 1.96. The van der Waals surface area contributed by atoms with Crippen LogP contribution in [0.15, 0.2) is 40.2 Å². The van der Waals surface area contributed by atoms with Crippen LogP contribution in [0.25, 0.3) is 0 Å². The fourth-order valence-electron chi connectivity index (χ4n) is 3.36. The van der Waals surface area contributed by atoms with E-state index in [1.807, 2.05) is 11.8 Å². The van der Waals surface area contributed by atoms with Gasteiger partial charge in [-0.05, 0) is 44.7 Å². The zero-order valence-corrected chi connectivity index (χ0v) is 19.7. The van der Waals surface area contributed by atoms with Crippen molar-refractivity contribution < 1.29 is 4.79 Å². The Bertz CT molecular complexity index is 645. The molecule has 1 heterocycles. The predicted molar refractivity (Wildman–Crippen MR) is 127 cm³/mol. The van der Waals surface area contributed by atoms with Crippen LogP contribution in [0.4, 0.5) is 0 Å². The van der Waals surface area contributed by atoms with Crippen LogP contribution in [0, 0.1) is 0 Å². The highest BCUT2D eigenvalue weighted by Crippen LogP contribution is 2.51. The Labute approximate surface area is 189 Å². The molecule has 3 rings (SSSR count). The summed E-state index contributed by atoms with van der Waals surface area (Å²) in [6.45, 7) is 5.94. The topological polar surface area (TPSA) is 82.8 Å². The van der Waals surface area contributed by atoms with Crippen molar-refractivity contribution in [3.8, 4) is 0 Å². The van der Waals surface area contributed by atoms with E-state index in [4.69, 9.17) is 10.7 Å². The Morgan fingerprint density at radius 1 is 1.29 bits per heavy atom. The summed E-state index contributed by atoms with van der Waals surface area (Å²) in [7, 11) is 0. The summed E-state index contributed by atoms with van der Waals surface area (Å²) in [5.41, 5.74) is 5.29. The monoisotopic (exact) mass is 517 g/mol. The van der Waals surface area contributed by atoms with Crippen LogP contribution in [0.2, 0.25) is 0 Å². The van der Waals surface area contributed by atoms with Gasteiger partial charge >= 0.3 is 0 Å². The number of rotatable bonds is 8. The van der Waals surface area contributed by atoms with Gasteiger partial charge in [-0.25, -0.2) is 0 Å². The highest BCUT2D eigenvalue weighted by atomic mass is 127. The first-order valence-electron chi connectivity index (χ1n) is 9.88. The maximum Gasteiger partial charge on any atom is 0.231 e. The highest BCUT2D eigenvalue weighted by molar-refractivity contribution is 14.0. The molecule has 2 aliphatic rings. The zero-order chi connectivity index (χ0) is 19.1.